The number of hydrogen-bond donors (Lipinski definition) is 2. The molecule has 1 heterocycles. The molecule has 3 aromatic rings. The Kier molecular flexibility index (Phi) is 6.75. The van der Waals surface area contributed by atoms with Crippen LogP contribution >= 0.6 is 23.7 Å². The molecule has 0 aliphatic rings. The summed E-state index contributed by atoms with van der Waals surface area (Å²) in [4.78, 5) is 17.9. The van der Waals surface area contributed by atoms with Gasteiger partial charge in [-0.05, 0) is 29.3 Å². The smallest absolute Gasteiger partial charge is 0.263 e. The summed E-state index contributed by atoms with van der Waals surface area (Å²) < 4.78 is 0. The van der Waals surface area contributed by atoms with Crippen LogP contribution in [0.25, 0.3) is 10.8 Å². The highest BCUT2D eigenvalue weighted by atomic mass is 35.5. The number of thiazole rings is 1. The second-order valence-corrected chi connectivity index (χ2v) is 7.52. The average molecular weight is 390 g/mol. The van der Waals surface area contributed by atoms with Gasteiger partial charge in [0.15, 0.2) is 0 Å². The standard InChI is InChI=1S/C20H23N3OS.ClH/c1-12(2)20-22-13(3)18(25-20)19(24)23-17(11-21)16-9-8-14-6-4-5-7-15(14)10-16;/h4-10,12,17H,11,21H2,1-3H3,(H,23,24);1H. The lowest BCUT2D eigenvalue weighted by atomic mass is 10.0. The number of benzene rings is 2. The third kappa shape index (κ3) is 4.23. The summed E-state index contributed by atoms with van der Waals surface area (Å²) in [5, 5.41) is 6.36. The Morgan fingerprint density at radius 3 is 2.50 bits per heavy atom. The van der Waals surface area contributed by atoms with E-state index < -0.39 is 0 Å². The van der Waals surface area contributed by atoms with Gasteiger partial charge >= 0.3 is 0 Å². The third-order valence-electron chi connectivity index (χ3n) is 4.23. The zero-order chi connectivity index (χ0) is 18.0. The minimum absolute atomic E-state index is 0. The number of carbonyl (C=O) groups is 1. The van der Waals surface area contributed by atoms with E-state index in [0.717, 1.165) is 21.7 Å². The van der Waals surface area contributed by atoms with Crippen molar-refractivity contribution in [3.8, 4) is 0 Å². The highest BCUT2D eigenvalue weighted by molar-refractivity contribution is 7.13. The molecule has 26 heavy (non-hydrogen) atoms. The fraction of sp³-hybridized carbons (Fsp3) is 0.300. The molecule has 0 fully saturated rings. The molecule has 0 spiro atoms. The largest absolute Gasteiger partial charge is 0.343 e. The molecule has 0 saturated heterocycles. The van der Waals surface area contributed by atoms with E-state index in [1.807, 2.05) is 25.1 Å². The number of nitrogens with two attached hydrogens (primary N) is 1. The van der Waals surface area contributed by atoms with E-state index in [-0.39, 0.29) is 24.4 Å². The molecule has 0 aliphatic heterocycles. The van der Waals surface area contributed by atoms with Crippen molar-refractivity contribution in [1.82, 2.24) is 10.3 Å². The number of nitrogens with zero attached hydrogens (tertiary/aromatic N) is 1. The minimum atomic E-state index is -0.221. The van der Waals surface area contributed by atoms with Crippen LogP contribution in [-0.4, -0.2) is 17.4 Å². The van der Waals surface area contributed by atoms with Crippen molar-refractivity contribution in [1.29, 1.82) is 0 Å². The van der Waals surface area contributed by atoms with Crippen molar-refractivity contribution in [2.75, 3.05) is 6.54 Å². The monoisotopic (exact) mass is 389 g/mol. The molecule has 4 nitrogen and oxygen atoms in total. The fourth-order valence-electron chi connectivity index (χ4n) is 2.80. The van der Waals surface area contributed by atoms with E-state index in [2.05, 4.69) is 48.4 Å². The highest BCUT2D eigenvalue weighted by Crippen LogP contribution is 2.26. The van der Waals surface area contributed by atoms with Gasteiger partial charge in [-0.3, -0.25) is 4.79 Å². The SMILES string of the molecule is Cc1nc(C(C)C)sc1C(=O)NC(CN)c1ccc2ccccc2c1.Cl. The Morgan fingerprint density at radius 2 is 1.88 bits per heavy atom. The molecule has 3 N–H and O–H groups in total. The molecule has 0 saturated carbocycles. The van der Waals surface area contributed by atoms with Gasteiger partial charge in [-0.25, -0.2) is 4.98 Å². The highest BCUT2D eigenvalue weighted by Gasteiger charge is 2.20. The van der Waals surface area contributed by atoms with E-state index in [0.29, 0.717) is 17.3 Å². The number of carbonyl (C=O) groups excluding carboxylic acids is 1. The van der Waals surface area contributed by atoms with E-state index in [1.165, 1.54) is 16.7 Å². The first-order valence-corrected chi connectivity index (χ1v) is 9.28. The van der Waals surface area contributed by atoms with Crippen LogP contribution in [0.15, 0.2) is 42.5 Å². The number of hydrogen-bond acceptors (Lipinski definition) is 4. The van der Waals surface area contributed by atoms with Gasteiger partial charge in [-0.2, -0.15) is 0 Å². The van der Waals surface area contributed by atoms with Crippen LogP contribution in [0, 0.1) is 6.92 Å². The van der Waals surface area contributed by atoms with Crippen LogP contribution in [0.5, 0.6) is 0 Å². The second-order valence-electron chi connectivity index (χ2n) is 6.49. The van der Waals surface area contributed by atoms with Crippen molar-refractivity contribution < 1.29 is 4.79 Å². The van der Waals surface area contributed by atoms with Crippen molar-refractivity contribution in [3.63, 3.8) is 0 Å². The number of aromatic nitrogens is 1. The lowest BCUT2D eigenvalue weighted by Crippen LogP contribution is -2.33. The molecular weight excluding hydrogens is 366 g/mol. The molecule has 0 aliphatic carbocycles. The number of amides is 1. The first-order valence-electron chi connectivity index (χ1n) is 8.46. The Labute approximate surface area is 164 Å². The van der Waals surface area contributed by atoms with Crippen LogP contribution in [0.1, 0.15) is 51.7 Å². The van der Waals surface area contributed by atoms with Gasteiger partial charge in [-0.1, -0.05) is 50.2 Å². The van der Waals surface area contributed by atoms with Crippen LogP contribution < -0.4 is 11.1 Å². The zero-order valence-corrected chi connectivity index (χ0v) is 16.8. The summed E-state index contributed by atoms with van der Waals surface area (Å²) in [5.41, 5.74) is 7.73. The first-order chi connectivity index (χ1) is 12.0. The maximum absolute atomic E-state index is 12.7. The van der Waals surface area contributed by atoms with E-state index in [1.54, 1.807) is 0 Å². The minimum Gasteiger partial charge on any atom is -0.343 e. The van der Waals surface area contributed by atoms with E-state index in [4.69, 9.17) is 5.73 Å². The maximum Gasteiger partial charge on any atom is 0.263 e. The van der Waals surface area contributed by atoms with Gasteiger partial charge in [-0.15, -0.1) is 23.7 Å². The Bertz CT molecular complexity index is 907. The summed E-state index contributed by atoms with van der Waals surface area (Å²) in [6.45, 7) is 6.39. The number of aryl methyl sites for hydroxylation is 1. The van der Waals surface area contributed by atoms with Crippen molar-refractivity contribution in [3.05, 3.63) is 63.6 Å². The van der Waals surface area contributed by atoms with Crippen molar-refractivity contribution >= 4 is 40.4 Å². The van der Waals surface area contributed by atoms with Crippen LogP contribution in [0.2, 0.25) is 0 Å². The molecular formula is C20H24ClN3OS. The van der Waals surface area contributed by atoms with Crippen LogP contribution in [0.4, 0.5) is 0 Å². The van der Waals surface area contributed by atoms with Crippen molar-refractivity contribution in [2.24, 2.45) is 5.73 Å². The van der Waals surface area contributed by atoms with E-state index >= 15 is 0 Å². The number of rotatable bonds is 5. The van der Waals surface area contributed by atoms with Gasteiger partial charge in [0.2, 0.25) is 0 Å². The fourth-order valence-corrected chi connectivity index (χ4v) is 3.77. The summed E-state index contributed by atoms with van der Waals surface area (Å²) in [7, 11) is 0. The normalized spacial score (nSPS) is 12.0. The zero-order valence-electron chi connectivity index (χ0n) is 15.2. The predicted octanol–water partition coefficient (Wildman–Crippen LogP) is 4.58. The average Bonchev–Trinajstić information content (AvgIpc) is 3.01. The van der Waals surface area contributed by atoms with Gasteiger partial charge in [0.25, 0.3) is 5.91 Å². The lowest BCUT2D eigenvalue weighted by molar-refractivity contribution is 0.0941. The molecule has 138 valence electrons. The molecule has 2 aromatic carbocycles. The Balaban J connectivity index is 0.00000243. The number of halogens is 1. The number of nitrogens with one attached hydrogen (secondary N) is 1. The van der Waals surface area contributed by atoms with Crippen LogP contribution in [0.3, 0.4) is 0 Å². The Hall–Kier alpha value is -1.95. The molecule has 1 atom stereocenters. The summed E-state index contributed by atoms with van der Waals surface area (Å²) in [6.07, 6.45) is 0. The summed E-state index contributed by atoms with van der Waals surface area (Å²) in [6, 6.07) is 14.1. The molecule has 1 aromatic heterocycles. The molecule has 1 amide bonds. The first kappa shape index (κ1) is 20.4. The van der Waals surface area contributed by atoms with Gasteiger partial charge < -0.3 is 11.1 Å². The topological polar surface area (TPSA) is 68.0 Å². The van der Waals surface area contributed by atoms with Gasteiger partial charge in [0.05, 0.1) is 16.7 Å². The molecule has 6 heteroatoms. The predicted molar refractivity (Wildman–Crippen MR) is 111 cm³/mol. The van der Waals surface area contributed by atoms with Gasteiger partial charge in [0, 0.05) is 12.5 Å². The third-order valence-corrected chi connectivity index (χ3v) is 5.69. The van der Waals surface area contributed by atoms with Gasteiger partial charge in [0.1, 0.15) is 4.88 Å². The molecule has 3 rings (SSSR count). The summed E-state index contributed by atoms with van der Waals surface area (Å²) >= 11 is 1.46. The molecule has 0 bridgehead atoms. The van der Waals surface area contributed by atoms with Crippen LogP contribution in [-0.2, 0) is 0 Å². The molecule has 1 unspecified atom stereocenters. The summed E-state index contributed by atoms with van der Waals surface area (Å²) in [5.74, 6) is 0.210. The maximum atomic E-state index is 12.7. The van der Waals surface area contributed by atoms with Crippen molar-refractivity contribution in [2.45, 2.75) is 32.7 Å². The van der Waals surface area contributed by atoms with E-state index in [9.17, 15) is 4.79 Å². The quantitative estimate of drug-likeness (QED) is 0.671. The second kappa shape index (κ2) is 8.62. The Morgan fingerprint density at radius 1 is 1.19 bits per heavy atom. The lowest BCUT2D eigenvalue weighted by Gasteiger charge is -2.17. The molecule has 0 radical (unpaired) electrons. The number of fused-ring (bicyclic) bond motifs is 1.